The average Bonchev–Trinajstić information content (AvgIpc) is 1.87. The van der Waals surface area contributed by atoms with Gasteiger partial charge in [-0.05, 0) is 0 Å². The van der Waals surface area contributed by atoms with E-state index in [0.717, 1.165) is 12.8 Å². The molecule has 0 atom stereocenters. The van der Waals surface area contributed by atoms with Crippen LogP contribution in [0.4, 0.5) is 0 Å². The summed E-state index contributed by atoms with van der Waals surface area (Å²) in [5.41, 5.74) is 0. The van der Waals surface area contributed by atoms with Crippen LogP contribution in [0.2, 0.25) is 10.6 Å². The monoisotopic (exact) mass is 146 g/mol. The van der Waals surface area contributed by atoms with Gasteiger partial charge in [0.05, 0.1) is 15.7 Å². The summed E-state index contributed by atoms with van der Waals surface area (Å²) in [6, 6.07) is 0. The molecule has 1 saturated carbocycles. The molecule has 11 heavy (non-hydrogen) atoms. The molecule has 1 fully saturated rings. The van der Waals surface area contributed by atoms with Crippen molar-refractivity contribution in [3.63, 3.8) is 0 Å². The fourth-order valence-electron chi connectivity index (χ4n) is 1.83. The minimum absolute atomic E-state index is 0.106. The van der Waals surface area contributed by atoms with Crippen LogP contribution in [0.5, 0.6) is 0 Å². The summed E-state index contributed by atoms with van der Waals surface area (Å²) in [5, 5.41) is -0.321. The summed E-state index contributed by atoms with van der Waals surface area (Å²) in [7, 11) is 12.2. The molecule has 0 bridgehead atoms. The van der Waals surface area contributed by atoms with Gasteiger partial charge >= 0.3 is 0 Å². The minimum atomic E-state index is -0.215. The fourth-order valence-corrected chi connectivity index (χ4v) is 1.83. The molecule has 2 heteroatoms. The van der Waals surface area contributed by atoms with Crippen molar-refractivity contribution in [3.05, 3.63) is 0 Å². The fraction of sp³-hybridized carbons (Fsp3) is 1.00. The molecule has 0 spiro atoms. The summed E-state index contributed by atoms with van der Waals surface area (Å²) in [4.78, 5) is 0. The van der Waals surface area contributed by atoms with Gasteiger partial charge in [0, 0.05) is 0 Å². The van der Waals surface area contributed by atoms with Crippen LogP contribution in [-0.2, 0) is 0 Å². The van der Waals surface area contributed by atoms with Crippen LogP contribution in [0, 0.1) is 0 Å². The van der Waals surface area contributed by atoms with Crippen molar-refractivity contribution in [2.45, 2.75) is 56.6 Å². The molecule has 0 aromatic rings. The third-order valence-corrected chi connectivity index (χ3v) is 3.03. The first-order chi connectivity index (χ1) is 4.96. The molecule has 4 radical (unpaired) electrons. The zero-order valence-corrected chi connectivity index (χ0v) is 7.69. The van der Waals surface area contributed by atoms with Crippen molar-refractivity contribution in [2.75, 3.05) is 0 Å². The zero-order valence-electron chi connectivity index (χ0n) is 7.69. The Morgan fingerprint density at radius 3 is 1.82 bits per heavy atom. The molecule has 0 amide bonds. The normalized spacial score (nSPS) is 24.9. The van der Waals surface area contributed by atoms with Crippen LogP contribution in [0.3, 0.4) is 0 Å². The Morgan fingerprint density at radius 1 is 1.09 bits per heavy atom. The molecule has 0 heterocycles. The van der Waals surface area contributed by atoms with Gasteiger partial charge in [-0.3, -0.25) is 0 Å². The van der Waals surface area contributed by atoms with Gasteiger partial charge in [0.1, 0.15) is 0 Å². The number of rotatable bonds is 1. The van der Waals surface area contributed by atoms with Crippen LogP contribution in [0.1, 0.15) is 46.0 Å². The van der Waals surface area contributed by atoms with E-state index in [-0.39, 0.29) is 10.6 Å². The van der Waals surface area contributed by atoms with Gasteiger partial charge < -0.3 is 0 Å². The van der Waals surface area contributed by atoms with Crippen LogP contribution < -0.4 is 0 Å². The summed E-state index contributed by atoms with van der Waals surface area (Å²) >= 11 is 0. The van der Waals surface area contributed by atoms with Crippen molar-refractivity contribution >= 4 is 15.7 Å². The van der Waals surface area contributed by atoms with Gasteiger partial charge in [-0.15, -0.1) is 0 Å². The Morgan fingerprint density at radius 2 is 1.55 bits per heavy atom. The second-order valence-corrected chi connectivity index (χ2v) is 4.44. The molecule has 0 unspecified atom stereocenters. The van der Waals surface area contributed by atoms with E-state index < -0.39 is 0 Å². The average molecular weight is 146 g/mol. The lowest BCUT2D eigenvalue weighted by atomic mass is 9.42. The molecule has 0 aromatic carbocycles. The Hall–Kier alpha value is 0.130. The highest BCUT2D eigenvalue weighted by Crippen LogP contribution is 2.55. The standard InChI is InChI=1S/C9H16B2/c1-8(2,10)9(11)6-4-3-5-7-9/h3-7H2,1-2H3. The molecule has 1 rings (SSSR count). The third kappa shape index (κ3) is 1.83. The van der Waals surface area contributed by atoms with Crippen molar-refractivity contribution < 1.29 is 0 Å². The van der Waals surface area contributed by atoms with E-state index >= 15 is 0 Å². The van der Waals surface area contributed by atoms with Crippen LogP contribution in [0.15, 0.2) is 0 Å². The Kier molecular flexibility index (Phi) is 2.41. The van der Waals surface area contributed by atoms with Crippen molar-refractivity contribution in [3.8, 4) is 0 Å². The van der Waals surface area contributed by atoms with E-state index in [1.807, 2.05) is 13.8 Å². The third-order valence-electron chi connectivity index (χ3n) is 3.03. The highest BCUT2D eigenvalue weighted by atomic mass is 14.3. The topological polar surface area (TPSA) is 0 Å². The molecule has 0 aromatic heterocycles. The first-order valence-electron chi connectivity index (χ1n) is 4.53. The SMILES string of the molecule is [B]C(C)(C)C1([B])CCCCC1. The van der Waals surface area contributed by atoms with E-state index in [1.54, 1.807) is 0 Å². The maximum absolute atomic E-state index is 6.21. The maximum Gasteiger partial charge on any atom is 0.0743 e. The summed E-state index contributed by atoms with van der Waals surface area (Å²) in [6.07, 6.45) is 6.01. The summed E-state index contributed by atoms with van der Waals surface area (Å²) < 4.78 is 0. The first-order valence-corrected chi connectivity index (χ1v) is 4.53. The summed E-state index contributed by atoms with van der Waals surface area (Å²) in [6.45, 7) is 4.08. The van der Waals surface area contributed by atoms with E-state index in [4.69, 9.17) is 15.7 Å². The number of hydrogen-bond donors (Lipinski definition) is 0. The van der Waals surface area contributed by atoms with Crippen LogP contribution in [-0.4, -0.2) is 15.7 Å². The van der Waals surface area contributed by atoms with Crippen molar-refractivity contribution in [1.82, 2.24) is 0 Å². The van der Waals surface area contributed by atoms with E-state index in [1.165, 1.54) is 19.3 Å². The zero-order chi connectivity index (χ0) is 8.54. The van der Waals surface area contributed by atoms with Crippen LogP contribution in [0.25, 0.3) is 0 Å². The largest absolute Gasteiger partial charge is 0.0743 e. The lowest BCUT2D eigenvalue weighted by Gasteiger charge is -2.46. The molecular weight excluding hydrogens is 130 g/mol. The predicted molar refractivity (Wildman–Crippen MR) is 51.3 cm³/mol. The second kappa shape index (κ2) is 2.88. The van der Waals surface area contributed by atoms with Gasteiger partial charge in [-0.1, -0.05) is 56.6 Å². The van der Waals surface area contributed by atoms with Gasteiger partial charge in [0.15, 0.2) is 0 Å². The minimum Gasteiger partial charge on any atom is -0.0738 e. The molecular formula is C9H16B2. The molecule has 58 valence electrons. The smallest absolute Gasteiger partial charge is 0.0738 e. The van der Waals surface area contributed by atoms with Gasteiger partial charge in [-0.2, -0.15) is 0 Å². The van der Waals surface area contributed by atoms with E-state index in [9.17, 15) is 0 Å². The molecule has 0 aliphatic heterocycles. The lowest BCUT2D eigenvalue weighted by molar-refractivity contribution is 0.313. The van der Waals surface area contributed by atoms with E-state index in [2.05, 4.69) is 0 Å². The predicted octanol–water partition coefficient (Wildman–Crippen LogP) is 2.64. The van der Waals surface area contributed by atoms with Crippen LogP contribution >= 0.6 is 0 Å². The summed E-state index contributed by atoms with van der Waals surface area (Å²) in [5.74, 6) is 0. The molecule has 0 saturated heterocycles. The molecule has 1 aliphatic carbocycles. The first kappa shape index (κ1) is 9.22. The van der Waals surface area contributed by atoms with Crippen molar-refractivity contribution in [1.29, 1.82) is 0 Å². The quantitative estimate of drug-likeness (QED) is 0.498. The Bertz CT molecular complexity index is 129. The Balaban J connectivity index is 2.64. The lowest BCUT2D eigenvalue weighted by Crippen LogP contribution is -2.28. The maximum atomic E-state index is 6.21. The van der Waals surface area contributed by atoms with Gasteiger partial charge in [0.2, 0.25) is 0 Å². The second-order valence-electron chi connectivity index (χ2n) is 4.44. The van der Waals surface area contributed by atoms with Gasteiger partial charge in [0.25, 0.3) is 0 Å². The molecule has 0 N–H and O–H groups in total. The number of hydrogen-bond acceptors (Lipinski definition) is 0. The highest BCUT2D eigenvalue weighted by Gasteiger charge is 2.36. The van der Waals surface area contributed by atoms with Crippen molar-refractivity contribution in [2.24, 2.45) is 0 Å². The highest BCUT2D eigenvalue weighted by molar-refractivity contribution is 6.26. The van der Waals surface area contributed by atoms with Gasteiger partial charge in [-0.25, -0.2) is 0 Å². The Labute approximate surface area is 73.0 Å². The molecule has 0 nitrogen and oxygen atoms in total. The molecule has 1 aliphatic rings. The van der Waals surface area contributed by atoms with E-state index in [0.29, 0.717) is 0 Å².